The summed E-state index contributed by atoms with van der Waals surface area (Å²) in [5.41, 5.74) is 0. The molecule has 3 aromatic heterocycles. The Hall–Kier alpha value is -2.41. The highest BCUT2D eigenvalue weighted by Gasteiger charge is 2.15. The Morgan fingerprint density at radius 3 is 2.90 bits per heavy atom. The van der Waals surface area contributed by atoms with Crippen molar-refractivity contribution in [1.29, 1.82) is 0 Å². The Balaban J connectivity index is 1.74. The second kappa shape index (κ2) is 5.30. The lowest BCUT2D eigenvalue weighted by atomic mass is 10.3. The van der Waals surface area contributed by atoms with Crippen LogP contribution in [0.5, 0.6) is 0 Å². The van der Waals surface area contributed by atoms with Crippen molar-refractivity contribution in [3.63, 3.8) is 0 Å². The van der Waals surface area contributed by atoms with Gasteiger partial charge < -0.3 is 8.83 Å². The monoisotopic (exact) mass is 289 g/mol. The minimum absolute atomic E-state index is 0.199. The molecule has 0 unspecified atom stereocenters. The molecule has 0 bridgehead atoms. The first-order chi connectivity index (χ1) is 9.76. The highest BCUT2D eigenvalue weighted by molar-refractivity contribution is 7.15. The molecular formula is C13H11N3O3S. The first-order valence-electron chi connectivity index (χ1n) is 6.03. The number of aromatic nitrogens is 2. The van der Waals surface area contributed by atoms with Crippen molar-refractivity contribution in [3.8, 4) is 11.5 Å². The SMILES string of the molecule is CCc1nnc(NC(=O)c2ccc(-c3ccco3)o2)s1. The lowest BCUT2D eigenvalue weighted by Gasteiger charge is -1.96. The van der Waals surface area contributed by atoms with Crippen molar-refractivity contribution >= 4 is 22.4 Å². The van der Waals surface area contributed by atoms with Crippen LogP contribution in [0.4, 0.5) is 5.13 Å². The molecule has 1 amide bonds. The summed E-state index contributed by atoms with van der Waals surface area (Å²) in [5, 5.41) is 11.8. The number of furan rings is 2. The number of aryl methyl sites for hydroxylation is 1. The van der Waals surface area contributed by atoms with E-state index in [-0.39, 0.29) is 11.7 Å². The van der Waals surface area contributed by atoms with Crippen molar-refractivity contribution in [3.05, 3.63) is 41.3 Å². The van der Waals surface area contributed by atoms with Gasteiger partial charge in [-0.25, -0.2) is 0 Å². The maximum Gasteiger partial charge on any atom is 0.293 e. The van der Waals surface area contributed by atoms with Crippen LogP contribution in [-0.2, 0) is 6.42 Å². The third-order valence-electron chi connectivity index (χ3n) is 2.58. The number of amides is 1. The van der Waals surface area contributed by atoms with Gasteiger partial charge in [-0.3, -0.25) is 10.1 Å². The average molecular weight is 289 g/mol. The fourth-order valence-electron chi connectivity index (χ4n) is 1.62. The number of hydrogen-bond donors (Lipinski definition) is 1. The molecule has 3 heterocycles. The minimum atomic E-state index is -0.360. The molecule has 0 aliphatic carbocycles. The van der Waals surface area contributed by atoms with Crippen LogP contribution < -0.4 is 5.32 Å². The van der Waals surface area contributed by atoms with Crippen LogP contribution in [0.3, 0.4) is 0 Å². The van der Waals surface area contributed by atoms with Gasteiger partial charge >= 0.3 is 0 Å². The quantitative estimate of drug-likeness (QED) is 0.797. The molecule has 3 rings (SSSR count). The fourth-order valence-corrected chi connectivity index (χ4v) is 2.29. The van der Waals surface area contributed by atoms with Crippen molar-refractivity contribution < 1.29 is 13.6 Å². The highest BCUT2D eigenvalue weighted by atomic mass is 32.1. The summed E-state index contributed by atoms with van der Waals surface area (Å²) in [7, 11) is 0. The van der Waals surface area contributed by atoms with Crippen LogP contribution in [0.25, 0.3) is 11.5 Å². The van der Waals surface area contributed by atoms with Gasteiger partial charge in [-0.15, -0.1) is 10.2 Å². The van der Waals surface area contributed by atoms with Gasteiger partial charge in [0.2, 0.25) is 5.13 Å². The van der Waals surface area contributed by atoms with Crippen LogP contribution in [0.1, 0.15) is 22.5 Å². The second-order valence-corrected chi connectivity index (χ2v) is 5.01. The molecule has 0 saturated carbocycles. The fraction of sp³-hybridized carbons (Fsp3) is 0.154. The molecule has 0 aliphatic heterocycles. The van der Waals surface area contributed by atoms with E-state index >= 15 is 0 Å². The summed E-state index contributed by atoms with van der Waals surface area (Å²) >= 11 is 1.35. The molecule has 0 spiro atoms. The lowest BCUT2D eigenvalue weighted by Crippen LogP contribution is -2.10. The standard InChI is InChI=1S/C13H11N3O3S/c1-2-11-15-16-13(20-11)14-12(17)10-6-5-9(19-10)8-4-3-7-18-8/h3-7H,2H2,1H3,(H,14,16,17). The van der Waals surface area contributed by atoms with Crippen LogP contribution in [-0.4, -0.2) is 16.1 Å². The molecule has 0 fully saturated rings. The first-order valence-corrected chi connectivity index (χ1v) is 6.85. The van der Waals surface area contributed by atoms with E-state index in [9.17, 15) is 4.79 Å². The van der Waals surface area contributed by atoms with Gasteiger partial charge in [-0.1, -0.05) is 18.3 Å². The van der Waals surface area contributed by atoms with E-state index in [0.717, 1.165) is 11.4 Å². The molecule has 0 saturated heterocycles. The molecule has 20 heavy (non-hydrogen) atoms. The van der Waals surface area contributed by atoms with Gasteiger partial charge in [-0.2, -0.15) is 0 Å². The topological polar surface area (TPSA) is 81.2 Å². The molecule has 7 heteroatoms. The van der Waals surface area contributed by atoms with Crippen LogP contribution in [0.15, 0.2) is 39.4 Å². The zero-order valence-electron chi connectivity index (χ0n) is 10.6. The molecule has 0 atom stereocenters. The van der Waals surface area contributed by atoms with Gasteiger partial charge in [-0.05, 0) is 30.7 Å². The molecule has 0 aromatic carbocycles. The Morgan fingerprint density at radius 2 is 2.20 bits per heavy atom. The third-order valence-corrected chi connectivity index (χ3v) is 3.57. The van der Waals surface area contributed by atoms with E-state index in [1.54, 1.807) is 30.5 Å². The van der Waals surface area contributed by atoms with Gasteiger partial charge in [0.1, 0.15) is 5.01 Å². The zero-order valence-corrected chi connectivity index (χ0v) is 11.4. The van der Waals surface area contributed by atoms with E-state index in [1.165, 1.54) is 11.3 Å². The van der Waals surface area contributed by atoms with Crippen molar-refractivity contribution in [2.24, 2.45) is 0 Å². The number of carbonyl (C=O) groups excluding carboxylic acids is 1. The normalized spacial score (nSPS) is 10.7. The van der Waals surface area contributed by atoms with Gasteiger partial charge in [0.05, 0.1) is 6.26 Å². The van der Waals surface area contributed by atoms with Crippen molar-refractivity contribution in [2.45, 2.75) is 13.3 Å². The minimum Gasteiger partial charge on any atom is -0.461 e. The predicted molar refractivity (Wildman–Crippen MR) is 73.7 cm³/mol. The largest absolute Gasteiger partial charge is 0.461 e. The van der Waals surface area contributed by atoms with Gasteiger partial charge in [0.15, 0.2) is 17.3 Å². The number of hydrogen-bond acceptors (Lipinski definition) is 6. The second-order valence-electron chi connectivity index (χ2n) is 3.95. The zero-order chi connectivity index (χ0) is 13.9. The van der Waals surface area contributed by atoms with E-state index in [4.69, 9.17) is 8.83 Å². The Labute approximate surface area is 118 Å². The number of carbonyl (C=O) groups is 1. The van der Waals surface area contributed by atoms with E-state index < -0.39 is 0 Å². The summed E-state index contributed by atoms with van der Waals surface area (Å²) in [5.74, 6) is 0.922. The number of nitrogens with zero attached hydrogens (tertiary/aromatic N) is 2. The smallest absolute Gasteiger partial charge is 0.293 e. The van der Waals surface area contributed by atoms with Crippen molar-refractivity contribution in [2.75, 3.05) is 5.32 Å². The molecule has 1 N–H and O–H groups in total. The summed E-state index contributed by atoms with van der Waals surface area (Å²) < 4.78 is 10.6. The summed E-state index contributed by atoms with van der Waals surface area (Å²) in [6.45, 7) is 1.98. The molecule has 0 aliphatic rings. The molecule has 0 radical (unpaired) electrons. The Morgan fingerprint density at radius 1 is 1.30 bits per heavy atom. The van der Waals surface area contributed by atoms with E-state index in [2.05, 4.69) is 15.5 Å². The molecule has 102 valence electrons. The maximum atomic E-state index is 12.0. The summed E-state index contributed by atoms with van der Waals surface area (Å²) in [6, 6.07) is 6.80. The lowest BCUT2D eigenvalue weighted by molar-refractivity contribution is 0.0997. The van der Waals surface area contributed by atoms with Crippen LogP contribution >= 0.6 is 11.3 Å². The molecule has 3 aromatic rings. The number of nitrogens with one attached hydrogen (secondary N) is 1. The van der Waals surface area contributed by atoms with Gasteiger partial charge in [0, 0.05) is 0 Å². The molecular weight excluding hydrogens is 278 g/mol. The van der Waals surface area contributed by atoms with E-state index in [1.807, 2.05) is 6.92 Å². The van der Waals surface area contributed by atoms with Crippen LogP contribution in [0, 0.1) is 0 Å². The third kappa shape index (κ3) is 2.48. The summed E-state index contributed by atoms with van der Waals surface area (Å²) in [6.07, 6.45) is 2.34. The van der Waals surface area contributed by atoms with Crippen LogP contribution in [0.2, 0.25) is 0 Å². The number of anilines is 1. The predicted octanol–water partition coefficient (Wildman–Crippen LogP) is 3.21. The maximum absolute atomic E-state index is 12.0. The highest BCUT2D eigenvalue weighted by Crippen LogP contribution is 2.23. The average Bonchev–Trinajstić information content (AvgIpc) is 3.19. The first kappa shape index (κ1) is 12.6. The Kier molecular flexibility index (Phi) is 3.34. The van der Waals surface area contributed by atoms with Gasteiger partial charge in [0.25, 0.3) is 5.91 Å². The molecule has 6 nitrogen and oxygen atoms in total. The van der Waals surface area contributed by atoms with Crippen molar-refractivity contribution in [1.82, 2.24) is 10.2 Å². The Bertz CT molecular complexity index is 715. The van der Waals surface area contributed by atoms with E-state index in [0.29, 0.717) is 16.7 Å². The summed E-state index contributed by atoms with van der Waals surface area (Å²) in [4.78, 5) is 12.0. The number of rotatable bonds is 4.